The lowest BCUT2D eigenvalue weighted by Crippen LogP contribution is -2.07. The van der Waals surface area contributed by atoms with Gasteiger partial charge in [0.2, 0.25) is 5.82 Å². The molecule has 0 bridgehead atoms. The lowest BCUT2D eigenvalue weighted by Gasteiger charge is -2.05. The first-order chi connectivity index (χ1) is 12.4. The van der Waals surface area contributed by atoms with Gasteiger partial charge in [0.1, 0.15) is 6.33 Å². The summed E-state index contributed by atoms with van der Waals surface area (Å²) in [7, 11) is 0. The standard InChI is InChI=1S/C15H9F5N6/c1-7-3-24-26(5-7)10-2-9(21-6-22-10)25-23-4-8-11(16)13(18)15(20)14(19)12(8)17/h2-6H,1H3,(H,21,22,25)/b23-4+. The highest BCUT2D eigenvalue weighted by atomic mass is 19.2. The summed E-state index contributed by atoms with van der Waals surface area (Å²) in [6.07, 6.45) is 4.96. The second kappa shape index (κ2) is 6.86. The first kappa shape index (κ1) is 17.5. The molecule has 0 saturated heterocycles. The van der Waals surface area contributed by atoms with Crippen LogP contribution in [0, 0.1) is 36.0 Å². The molecule has 0 spiro atoms. The molecule has 0 aliphatic carbocycles. The highest BCUT2D eigenvalue weighted by molar-refractivity contribution is 5.81. The van der Waals surface area contributed by atoms with Crippen LogP contribution in [0.3, 0.4) is 0 Å². The number of anilines is 1. The second-order valence-electron chi connectivity index (χ2n) is 5.08. The van der Waals surface area contributed by atoms with Crippen LogP contribution < -0.4 is 5.43 Å². The first-order valence-corrected chi connectivity index (χ1v) is 7.02. The van der Waals surface area contributed by atoms with Gasteiger partial charge in [-0.3, -0.25) is 5.43 Å². The van der Waals surface area contributed by atoms with Crippen molar-refractivity contribution in [2.75, 3.05) is 5.43 Å². The van der Waals surface area contributed by atoms with Crippen molar-refractivity contribution in [3.63, 3.8) is 0 Å². The Bertz CT molecular complexity index is 971. The Hall–Kier alpha value is -3.37. The van der Waals surface area contributed by atoms with Gasteiger partial charge in [-0.25, -0.2) is 36.6 Å². The maximum absolute atomic E-state index is 13.5. The Balaban J connectivity index is 1.84. The maximum atomic E-state index is 13.5. The number of benzene rings is 1. The molecule has 1 aromatic carbocycles. The molecule has 3 aromatic rings. The van der Waals surface area contributed by atoms with Crippen molar-refractivity contribution in [3.05, 3.63) is 65.0 Å². The molecule has 2 aromatic heterocycles. The van der Waals surface area contributed by atoms with Crippen LogP contribution in [-0.4, -0.2) is 26.0 Å². The smallest absolute Gasteiger partial charge is 0.200 e. The van der Waals surface area contributed by atoms with Crippen molar-refractivity contribution < 1.29 is 22.0 Å². The number of aromatic nitrogens is 4. The lowest BCUT2D eigenvalue weighted by molar-refractivity contribution is 0.377. The Kier molecular flexibility index (Phi) is 4.61. The Morgan fingerprint density at radius 1 is 1.00 bits per heavy atom. The number of rotatable bonds is 4. The molecule has 0 amide bonds. The van der Waals surface area contributed by atoms with Crippen LogP contribution in [0.4, 0.5) is 27.8 Å². The Morgan fingerprint density at radius 2 is 1.65 bits per heavy atom. The van der Waals surface area contributed by atoms with E-state index in [0.29, 0.717) is 12.0 Å². The average molecular weight is 368 g/mol. The third-order valence-electron chi connectivity index (χ3n) is 3.22. The summed E-state index contributed by atoms with van der Waals surface area (Å²) in [5, 5.41) is 7.50. The molecule has 3 rings (SSSR count). The van der Waals surface area contributed by atoms with Crippen molar-refractivity contribution in [1.82, 2.24) is 19.7 Å². The molecule has 134 valence electrons. The van der Waals surface area contributed by atoms with Crippen molar-refractivity contribution in [2.45, 2.75) is 6.92 Å². The van der Waals surface area contributed by atoms with Gasteiger partial charge in [-0.15, -0.1) is 0 Å². The first-order valence-electron chi connectivity index (χ1n) is 7.02. The average Bonchev–Trinajstić information content (AvgIpc) is 3.08. The number of nitrogens with zero attached hydrogens (tertiary/aromatic N) is 5. The third-order valence-corrected chi connectivity index (χ3v) is 3.22. The zero-order chi connectivity index (χ0) is 18.8. The van der Waals surface area contributed by atoms with E-state index in [1.807, 2.05) is 6.92 Å². The summed E-state index contributed by atoms with van der Waals surface area (Å²) in [5.41, 5.74) is 2.04. The van der Waals surface area contributed by atoms with E-state index in [2.05, 4.69) is 25.6 Å². The molecular formula is C15H9F5N6. The number of halogens is 5. The van der Waals surface area contributed by atoms with Crippen LogP contribution in [0.15, 0.2) is 29.9 Å². The molecule has 0 atom stereocenters. The predicted octanol–water partition coefficient (Wildman–Crippen LogP) is 3.11. The SMILES string of the molecule is Cc1cnn(-c2cc(N/N=C/c3c(F)c(F)c(F)c(F)c3F)ncn2)c1. The second-order valence-corrected chi connectivity index (χ2v) is 5.08. The maximum Gasteiger partial charge on any atom is 0.200 e. The van der Waals surface area contributed by atoms with Crippen LogP contribution in [-0.2, 0) is 0 Å². The van der Waals surface area contributed by atoms with Gasteiger partial charge in [0.05, 0.1) is 18.0 Å². The molecule has 0 radical (unpaired) electrons. The van der Waals surface area contributed by atoms with Crippen LogP contribution in [0.1, 0.15) is 11.1 Å². The van der Waals surface area contributed by atoms with Crippen LogP contribution in [0.2, 0.25) is 0 Å². The van der Waals surface area contributed by atoms with Gasteiger partial charge in [0.15, 0.2) is 34.9 Å². The predicted molar refractivity (Wildman–Crippen MR) is 81.3 cm³/mol. The number of hydrogen-bond acceptors (Lipinski definition) is 5. The lowest BCUT2D eigenvalue weighted by atomic mass is 10.2. The quantitative estimate of drug-likeness (QED) is 0.253. The monoisotopic (exact) mass is 368 g/mol. The zero-order valence-electron chi connectivity index (χ0n) is 13.0. The van der Waals surface area contributed by atoms with Crippen molar-refractivity contribution in [1.29, 1.82) is 0 Å². The molecule has 1 N–H and O–H groups in total. The molecule has 6 nitrogen and oxygen atoms in total. The molecular weight excluding hydrogens is 359 g/mol. The highest BCUT2D eigenvalue weighted by Gasteiger charge is 2.24. The minimum absolute atomic E-state index is 0.114. The zero-order valence-corrected chi connectivity index (χ0v) is 13.0. The minimum Gasteiger partial charge on any atom is -0.261 e. The minimum atomic E-state index is -2.24. The van der Waals surface area contributed by atoms with Crippen molar-refractivity contribution in [2.24, 2.45) is 5.10 Å². The fourth-order valence-electron chi connectivity index (χ4n) is 1.97. The normalized spacial score (nSPS) is 11.3. The van der Waals surface area contributed by atoms with Crippen LogP contribution in [0.5, 0.6) is 0 Å². The van der Waals surface area contributed by atoms with Gasteiger partial charge in [-0.1, -0.05) is 0 Å². The van der Waals surface area contributed by atoms with Gasteiger partial charge in [0, 0.05) is 12.3 Å². The fourth-order valence-corrected chi connectivity index (χ4v) is 1.97. The summed E-state index contributed by atoms with van der Waals surface area (Å²) < 4.78 is 67.8. The van der Waals surface area contributed by atoms with E-state index in [-0.39, 0.29) is 5.82 Å². The molecule has 11 heteroatoms. The van der Waals surface area contributed by atoms with Gasteiger partial charge in [-0.2, -0.15) is 10.2 Å². The van der Waals surface area contributed by atoms with Crippen LogP contribution >= 0.6 is 0 Å². The Morgan fingerprint density at radius 3 is 2.27 bits per heavy atom. The Labute approximate surface area is 143 Å². The van der Waals surface area contributed by atoms with Crippen molar-refractivity contribution >= 4 is 12.0 Å². The van der Waals surface area contributed by atoms with E-state index in [1.54, 1.807) is 12.4 Å². The number of hydrogen-bond donors (Lipinski definition) is 1. The van der Waals surface area contributed by atoms with E-state index in [9.17, 15) is 22.0 Å². The number of aryl methyl sites for hydroxylation is 1. The molecule has 26 heavy (non-hydrogen) atoms. The molecule has 0 fully saturated rings. The summed E-state index contributed by atoms with van der Waals surface area (Å²) in [4.78, 5) is 7.81. The van der Waals surface area contributed by atoms with E-state index in [4.69, 9.17) is 0 Å². The largest absolute Gasteiger partial charge is 0.261 e. The number of nitrogens with one attached hydrogen (secondary N) is 1. The summed E-state index contributed by atoms with van der Waals surface area (Å²) in [6, 6.07) is 1.42. The molecule has 2 heterocycles. The summed E-state index contributed by atoms with van der Waals surface area (Å²) >= 11 is 0. The molecule has 0 unspecified atom stereocenters. The highest BCUT2D eigenvalue weighted by Crippen LogP contribution is 2.21. The molecule has 0 aliphatic heterocycles. The van der Waals surface area contributed by atoms with E-state index < -0.39 is 34.6 Å². The van der Waals surface area contributed by atoms with Gasteiger partial charge >= 0.3 is 0 Å². The summed E-state index contributed by atoms with van der Waals surface area (Å²) in [5.74, 6) is -9.82. The van der Waals surface area contributed by atoms with Crippen LogP contribution in [0.25, 0.3) is 5.82 Å². The summed E-state index contributed by atoms with van der Waals surface area (Å²) in [6.45, 7) is 1.83. The van der Waals surface area contributed by atoms with Gasteiger partial charge in [0.25, 0.3) is 0 Å². The topological polar surface area (TPSA) is 68.0 Å². The van der Waals surface area contributed by atoms with Crippen molar-refractivity contribution in [3.8, 4) is 5.82 Å². The van der Waals surface area contributed by atoms with Gasteiger partial charge in [-0.05, 0) is 12.5 Å². The van der Waals surface area contributed by atoms with E-state index >= 15 is 0 Å². The fraction of sp³-hybridized carbons (Fsp3) is 0.0667. The number of hydrazone groups is 1. The molecule has 0 aliphatic rings. The third kappa shape index (κ3) is 3.23. The van der Waals surface area contributed by atoms with E-state index in [0.717, 1.165) is 5.56 Å². The van der Waals surface area contributed by atoms with Gasteiger partial charge < -0.3 is 0 Å². The molecule has 0 saturated carbocycles. The van der Waals surface area contributed by atoms with E-state index in [1.165, 1.54) is 17.1 Å².